The van der Waals surface area contributed by atoms with E-state index in [1.54, 1.807) is 14.2 Å². The highest BCUT2D eigenvalue weighted by molar-refractivity contribution is 6.06. The van der Waals surface area contributed by atoms with Crippen LogP contribution in [-0.2, 0) is 14.3 Å². The molecule has 0 aromatic heterocycles. The minimum atomic E-state index is -0.109. The molecule has 4 atom stereocenters. The summed E-state index contributed by atoms with van der Waals surface area (Å²) in [5.74, 6) is 1.06. The number of hydrogen-bond acceptors (Lipinski definition) is 4. The molecular formula is C19H30N4O3. The molecular weight excluding hydrogens is 332 g/mol. The monoisotopic (exact) mass is 362 g/mol. The molecule has 0 aromatic carbocycles. The SMILES string of the molecule is CN=C(NCCCCCOC)NCCN1C(=O)C2C3C=CC(C3)C2C1=O. The number of allylic oxidation sites excluding steroid dienone is 2. The largest absolute Gasteiger partial charge is 0.385 e. The van der Waals surface area contributed by atoms with Crippen LogP contribution in [0.2, 0.25) is 0 Å². The Labute approximate surface area is 155 Å². The molecule has 2 amide bonds. The summed E-state index contributed by atoms with van der Waals surface area (Å²) < 4.78 is 5.03. The summed E-state index contributed by atoms with van der Waals surface area (Å²) in [4.78, 5) is 30.9. The van der Waals surface area contributed by atoms with Crippen molar-refractivity contribution in [1.29, 1.82) is 0 Å². The Balaban J connectivity index is 1.38. The minimum absolute atomic E-state index is 0.0136. The number of nitrogens with zero attached hydrogens (tertiary/aromatic N) is 2. The number of rotatable bonds is 9. The van der Waals surface area contributed by atoms with Crippen molar-refractivity contribution in [3.8, 4) is 0 Å². The third-order valence-electron chi connectivity index (χ3n) is 5.73. The molecule has 2 fully saturated rings. The van der Waals surface area contributed by atoms with E-state index < -0.39 is 0 Å². The Morgan fingerprint density at radius 2 is 1.77 bits per heavy atom. The lowest BCUT2D eigenvalue weighted by atomic mass is 9.85. The Bertz CT molecular complexity index is 559. The number of amides is 2. The number of aliphatic imine (C=N–C) groups is 1. The van der Waals surface area contributed by atoms with E-state index in [0.717, 1.165) is 38.8 Å². The van der Waals surface area contributed by atoms with Crippen LogP contribution in [0.5, 0.6) is 0 Å². The molecule has 2 bridgehead atoms. The lowest BCUT2D eigenvalue weighted by Gasteiger charge is -2.18. The summed E-state index contributed by atoms with van der Waals surface area (Å²) in [5.41, 5.74) is 0. The standard InChI is InChI=1S/C19H30N4O3/c1-20-19(21-8-4-3-5-11-26-2)22-9-10-23-17(24)15-13-6-7-14(12-13)16(15)18(23)25/h6-7,13-16H,3-5,8-12H2,1-2H3,(H2,20,21,22). The second-order valence-corrected chi connectivity index (χ2v) is 7.31. The molecule has 7 heteroatoms. The quantitative estimate of drug-likeness (QED) is 0.208. The van der Waals surface area contributed by atoms with Crippen LogP contribution < -0.4 is 10.6 Å². The molecule has 7 nitrogen and oxygen atoms in total. The number of fused-ring (bicyclic) bond motifs is 5. The van der Waals surface area contributed by atoms with E-state index >= 15 is 0 Å². The van der Waals surface area contributed by atoms with Crippen LogP contribution in [0, 0.1) is 23.7 Å². The first-order valence-electron chi connectivity index (χ1n) is 9.64. The molecule has 1 saturated carbocycles. The number of imide groups is 1. The normalized spacial score (nSPS) is 29.6. The summed E-state index contributed by atoms with van der Waals surface area (Å²) in [6.07, 6.45) is 8.43. The number of likely N-dealkylation sites (tertiary alicyclic amines) is 1. The van der Waals surface area contributed by atoms with Gasteiger partial charge in [-0.2, -0.15) is 0 Å². The van der Waals surface area contributed by atoms with Crippen LogP contribution >= 0.6 is 0 Å². The zero-order valence-corrected chi connectivity index (χ0v) is 15.7. The van der Waals surface area contributed by atoms with Gasteiger partial charge in [0.15, 0.2) is 5.96 Å². The van der Waals surface area contributed by atoms with Crippen LogP contribution in [0.1, 0.15) is 25.7 Å². The zero-order valence-electron chi connectivity index (χ0n) is 15.7. The molecule has 0 spiro atoms. The predicted molar refractivity (Wildman–Crippen MR) is 99.5 cm³/mol. The Morgan fingerprint density at radius 1 is 1.12 bits per heavy atom. The van der Waals surface area contributed by atoms with E-state index in [2.05, 4.69) is 27.8 Å². The molecule has 1 heterocycles. The van der Waals surface area contributed by atoms with Crippen LogP contribution in [0.15, 0.2) is 17.1 Å². The average molecular weight is 362 g/mol. The molecule has 144 valence electrons. The molecule has 0 aromatic rings. The fourth-order valence-electron chi connectivity index (χ4n) is 4.45. The van der Waals surface area contributed by atoms with Crippen molar-refractivity contribution in [3.05, 3.63) is 12.2 Å². The fraction of sp³-hybridized carbons (Fsp3) is 0.737. The third-order valence-corrected chi connectivity index (χ3v) is 5.73. The molecule has 4 unspecified atom stereocenters. The molecule has 1 saturated heterocycles. The highest BCUT2D eigenvalue weighted by atomic mass is 16.5. The predicted octanol–water partition coefficient (Wildman–Crippen LogP) is 0.775. The molecule has 26 heavy (non-hydrogen) atoms. The van der Waals surface area contributed by atoms with Gasteiger partial charge < -0.3 is 15.4 Å². The molecule has 3 rings (SSSR count). The van der Waals surface area contributed by atoms with E-state index in [1.165, 1.54) is 4.90 Å². The maximum absolute atomic E-state index is 12.6. The van der Waals surface area contributed by atoms with Gasteiger partial charge in [-0.3, -0.25) is 19.5 Å². The maximum atomic E-state index is 12.6. The van der Waals surface area contributed by atoms with Crippen molar-refractivity contribution in [2.24, 2.45) is 28.7 Å². The Hall–Kier alpha value is -1.89. The summed E-state index contributed by atoms with van der Waals surface area (Å²) in [7, 11) is 3.44. The van der Waals surface area contributed by atoms with E-state index in [4.69, 9.17) is 4.74 Å². The first kappa shape index (κ1) is 18.9. The van der Waals surface area contributed by atoms with Crippen molar-refractivity contribution >= 4 is 17.8 Å². The average Bonchev–Trinajstić information content (AvgIpc) is 3.32. The van der Waals surface area contributed by atoms with Gasteiger partial charge in [-0.25, -0.2) is 0 Å². The smallest absolute Gasteiger partial charge is 0.233 e. The number of carbonyl (C=O) groups excluding carboxylic acids is 2. The van der Waals surface area contributed by atoms with Gasteiger partial charge in [0.05, 0.1) is 11.8 Å². The topological polar surface area (TPSA) is 83.0 Å². The Morgan fingerprint density at radius 3 is 2.38 bits per heavy atom. The Kier molecular flexibility index (Phi) is 6.29. The first-order chi connectivity index (χ1) is 12.7. The van der Waals surface area contributed by atoms with Gasteiger partial charge in [0.2, 0.25) is 11.8 Å². The first-order valence-corrected chi connectivity index (χ1v) is 9.64. The number of hydrogen-bond donors (Lipinski definition) is 2. The fourth-order valence-corrected chi connectivity index (χ4v) is 4.45. The van der Waals surface area contributed by atoms with Gasteiger partial charge in [0.25, 0.3) is 0 Å². The number of unbranched alkanes of at least 4 members (excludes halogenated alkanes) is 2. The van der Waals surface area contributed by atoms with Crippen molar-refractivity contribution in [2.75, 3.05) is 40.4 Å². The van der Waals surface area contributed by atoms with Gasteiger partial charge in [0, 0.05) is 40.4 Å². The number of guanidine groups is 1. The molecule has 2 aliphatic carbocycles. The van der Waals surface area contributed by atoms with Crippen LogP contribution in [0.4, 0.5) is 0 Å². The lowest BCUT2D eigenvalue weighted by molar-refractivity contribution is -0.140. The minimum Gasteiger partial charge on any atom is -0.385 e. The highest BCUT2D eigenvalue weighted by Crippen LogP contribution is 2.52. The summed E-state index contributed by atoms with van der Waals surface area (Å²) in [6, 6.07) is 0. The van der Waals surface area contributed by atoms with Crippen LogP contribution in [-0.4, -0.2) is 63.1 Å². The van der Waals surface area contributed by atoms with Gasteiger partial charge in [-0.05, 0) is 37.5 Å². The van der Waals surface area contributed by atoms with Crippen molar-refractivity contribution in [2.45, 2.75) is 25.7 Å². The van der Waals surface area contributed by atoms with Gasteiger partial charge in [-0.1, -0.05) is 12.2 Å². The van der Waals surface area contributed by atoms with Crippen molar-refractivity contribution in [1.82, 2.24) is 15.5 Å². The summed E-state index contributed by atoms with van der Waals surface area (Å²) in [6.45, 7) is 2.55. The van der Waals surface area contributed by atoms with Crippen LogP contribution in [0.25, 0.3) is 0 Å². The van der Waals surface area contributed by atoms with Crippen LogP contribution in [0.3, 0.4) is 0 Å². The number of nitrogens with one attached hydrogen (secondary N) is 2. The lowest BCUT2D eigenvalue weighted by Crippen LogP contribution is -2.43. The van der Waals surface area contributed by atoms with Gasteiger partial charge >= 0.3 is 0 Å². The van der Waals surface area contributed by atoms with Gasteiger partial charge in [-0.15, -0.1) is 0 Å². The third kappa shape index (κ3) is 3.77. The van der Waals surface area contributed by atoms with Crippen molar-refractivity contribution in [3.63, 3.8) is 0 Å². The highest BCUT2D eigenvalue weighted by Gasteiger charge is 2.58. The molecule has 1 aliphatic heterocycles. The summed E-state index contributed by atoms with van der Waals surface area (Å²) >= 11 is 0. The second-order valence-electron chi connectivity index (χ2n) is 7.31. The summed E-state index contributed by atoms with van der Waals surface area (Å²) in [5, 5.41) is 6.45. The number of methoxy groups -OCH3 is 1. The molecule has 2 N–H and O–H groups in total. The molecule has 3 aliphatic rings. The van der Waals surface area contributed by atoms with Gasteiger partial charge in [0.1, 0.15) is 0 Å². The van der Waals surface area contributed by atoms with E-state index in [-0.39, 0.29) is 35.5 Å². The second kappa shape index (κ2) is 8.66. The van der Waals surface area contributed by atoms with E-state index in [1.807, 2.05) is 0 Å². The van der Waals surface area contributed by atoms with Crippen molar-refractivity contribution < 1.29 is 14.3 Å². The van der Waals surface area contributed by atoms with E-state index in [0.29, 0.717) is 19.0 Å². The van der Waals surface area contributed by atoms with E-state index in [9.17, 15) is 9.59 Å². The number of carbonyl (C=O) groups is 2. The number of ether oxygens (including phenoxy) is 1. The molecule has 0 radical (unpaired) electrons. The zero-order chi connectivity index (χ0) is 18.5. The maximum Gasteiger partial charge on any atom is 0.233 e.